The number of piperidine rings is 3. The van der Waals surface area contributed by atoms with E-state index in [1.54, 1.807) is 13.1 Å². The quantitative estimate of drug-likeness (QED) is 0.385. The first-order chi connectivity index (χ1) is 20.7. The van der Waals surface area contributed by atoms with Crippen LogP contribution in [0.25, 0.3) is 0 Å². The highest BCUT2D eigenvalue weighted by Gasteiger charge is 2.52. The molecule has 1 spiro atoms. The smallest absolute Gasteiger partial charge is 0.254 e. The second-order valence-electron chi connectivity index (χ2n) is 14.3. The lowest BCUT2D eigenvalue weighted by molar-refractivity contribution is -0.130. The van der Waals surface area contributed by atoms with Crippen molar-refractivity contribution in [1.82, 2.24) is 20.2 Å². The highest BCUT2D eigenvalue weighted by atomic mass is 16.2. The van der Waals surface area contributed by atoms with Gasteiger partial charge in [0.2, 0.25) is 11.9 Å². The van der Waals surface area contributed by atoms with Crippen molar-refractivity contribution in [1.29, 1.82) is 0 Å². The lowest BCUT2D eigenvalue weighted by Crippen LogP contribution is -2.66. The molecule has 1 saturated carbocycles. The van der Waals surface area contributed by atoms with Gasteiger partial charge in [-0.25, -0.2) is 4.98 Å². The molecule has 5 rings (SSSR count). The number of hydrogen-bond acceptors (Lipinski definition) is 8. The summed E-state index contributed by atoms with van der Waals surface area (Å²) in [6.45, 7) is 9.63. The van der Waals surface area contributed by atoms with Crippen molar-refractivity contribution in [3.05, 3.63) is 11.8 Å². The van der Waals surface area contributed by atoms with Crippen LogP contribution in [0.1, 0.15) is 115 Å². The Hall–Kier alpha value is -2.46. The molecule has 1 aliphatic carbocycles. The third kappa shape index (κ3) is 7.27. The molecule has 3 saturated heterocycles. The molecule has 1 aromatic heterocycles. The number of likely N-dealkylation sites (tertiary alicyclic amines) is 1. The monoisotopic (exact) mass is 596 g/mol. The van der Waals surface area contributed by atoms with Gasteiger partial charge in [-0.05, 0) is 56.8 Å². The number of carbonyl (C=O) groups is 2. The van der Waals surface area contributed by atoms with E-state index in [1.807, 2.05) is 4.90 Å². The van der Waals surface area contributed by atoms with Gasteiger partial charge < -0.3 is 31.9 Å². The molecule has 240 valence electrons. The lowest BCUT2D eigenvalue weighted by Gasteiger charge is -2.56. The van der Waals surface area contributed by atoms with Gasteiger partial charge in [0.05, 0.1) is 5.56 Å². The van der Waals surface area contributed by atoms with E-state index in [-0.39, 0.29) is 23.4 Å². The van der Waals surface area contributed by atoms with Crippen molar-refractivity contribution in [3.63, 3.8) is 0 Å². The Balaban J connectivity index is 1.50. The van der Waals surface area contributed by atoms with Crippen LogP contribution in [0, 0.1) is 17.3 Å². The summed E-state index contributed by atoms with van der Waals surface area (Å²) in [6, 6.07) is 0.902. The summed E-state index contributed by atoms with van der Waals surface area (Å²) in [7, 11) is 0. The molecular weight excluding hydrogens is 540 g/mol. The molecule has 4 fully saturated rings. The van der Waals surface area contributed by atoms with Crippen LogP contribution in [0.3, 0.4) is 0 Å². The Morgan fingerprint density at radius 1 is 1.02 bits per heavy atom. The average molecular weight is 597 g/mol. The number of nitrogens with one attached hydrogen (secondary N) is 2. The second kappa shape index (κ2) is 14.1. The molecule has 4 heterocycles. The first-order valence-corrected chi connectivity index (χ1v) is 17.1. The van der Waals surface area contributed by atoms with Crippen LogP contribution in [0.4, 0.5) is 11.8 Å². The Morgan fingerprint density at radius 2 is 1.70 bits per heavy atom. The zero-order valence-electron chi connectivity index (χ0n) is 26.8. The maximum atomic E-state index is 12.7. The van der Waals surface area contributed by atoms with E-state index in [1.165, 1.54) is 38.5 Å². The van der Waals surface area contributed by atoms with Crippen molar-refractivity contribution in [2.24, 2.45) is 28.7 Å². The summed E-state index contributed by atoms with van der Waals surface area (Å²) in [4.78, 5) is 38.5. The number of amides is 2. The molecule has 6 N–H and O–H groups in total. The third-order valence-corrected chi connectivity index (χ3v) is 11.0. The molecule has 10 nitrogen and oxygen atoms in total. The third-order valence-electron chi connectivity index (χ3n) is 11.0. The van der Waals surface area contributed by atoms with Gasteiger partial charge in [0.15, 0.2) is 0 Å². The molecule has 0 radical (unpaired) electrons. The van der Waals surface area contributed by atoms with Crippen LogP contribution in [0.2, 0.25) is 0 Å². The maximum absolute atomic E-state index is 12.7. The fraction of sp³-hybridized carbons (Fsp3) is 0.818. The van der Waals surface area contributed by atoms with Crippen LogP contribution < -0.4 is 27.0 Å². The number of rotatable bonds is 6. The molecule has 10 heteroatoms. The van der Waals surface area contributed by atoms with Gasteiger partial charge in [-0.3, -0.25) is 9.59 Å². The van der Waals surface area contributed by atoms with Crippen molar-refractivity contribution in [2.45, 2.75) is 128 Å². The molecule has 0 bridgehead atoms. The number of primary amides is 1. The maximum Gasteiger partial charge on any atom is 0.254 e. The van der Waals surface area contributed by atoms with Gasteiger partial charge in [0.1, 0.15) is 5.82 Å². The molecule has 2 amide bonds. The van der Waals surface area contributed by atoms with Crippen molar-refractivity contribution in [3.8, 4) is 0 Å². The molecule has 4 aliphatic rings. The first kappa shape index (κ1) is 31.9. The number of nitrogens with two attached hydrogens (primary N) is 2. The van der Waals surface area contributed by atoms with Crippen LogP contribution in [0.15, 0.2) is 6.20 Å². The van der Waals surface area contributed by atoms with Crippen molar-refractivity contribution < 1.29 is 9.59 Å². The first-order valence-electron chi connectivity index (χ1n) is 17.1. The summed E-state index contributed by atoms with van der Waals surface area (Å²) in [5.41, 5.74) is 12.6. The van der Waals surface area contributed by atoms with E-state index in [0.717, 1.165) is 64.6 Å². The topological polar surface area (TPSA) is 142 Å². The molecule has 1 aromatic rings. The van der Waals surface area contributed by atoms with E-state index in [4.69, 9.17) is 16.5 Å². The standard InChI is InChI=1S/C33H56N8O2/c1-22(2)29-33(14-8-6-4-5-7-9-15-33)28(19-27(37-29)24-12-17-40(18-13-24)23(3)42)38-31-26(30(35)43)20-36-32(39-31)41-16-10-11-25(34)21-41/h20,22,24-25,27-29,37H,4-19,21,34H2,1-3H3,(H2,35,43)(H,36,38,39)/t25-,27?,28?,29?/m0/s1. The van der Waals surface area contributed by atoms with E-state index >= 15 is 0 Å². The minimum atomic E-state index is -0.504. The fourth-order valence-corrected chi connectivity index (χ4v) is 8.75. The van der Waals surface area contributed by atoms with Gasteiger partial charge in [-0.2, -0.15) is 4.98 Å². The number of aromatic nitrogens is 2. The zero-order chi connectivity index (χ0) is 30.6. The summed E-state index contributed by atoms with van der Waals surface area (Å²) < 4.78 is 0. The Morgan fingerprint density at radius 3 is 2.30 bits per heavy atom. The van der Waals surface area contributed by atoms with Gasteiger partial charge in [0, 0.05) is 68.9 Å². The summed E-state index contributed by atoms with van der Waals surface area (Å²) >= 11 is 0. The Labute approximate surface area is 258 Å². The summed E-state index contributed by atoms with van der Waals surface area (Å²) in [6.07, 6.45) is 16.5. The van der Waals surface area contributed by atoms with E-state index in [9.17, 15) is 9.59 Å². The van der Waals surface area contributed by atoms with Crippen LogP contribution in [-0.4, -0.2) is 77.0 Å². The molecular formula is C33H56N8O2. The second-order valence-corrected chi connectivity index (χ2v) is 14.3. The summed E-state index contributed by atoms with van der Waals surface area (Å²) in [5, 5.41) is 8.14. The van der Waals surface area contributed by atoms with Gasteiger partial charge in [-0.15, -0.1) is 0 Å². The van der Waals surface area contributed by atoms with Crippen LogP contribution in [-0.2, 0) is 4.79 Å². The molecule has 0 aromatic carbocycles. The van der Waals surface area contributed by atoms with Gasteiger partial charge in [-0.1, -0.05) is 52.4 Å². The molecule has 43 heavy (non-hydrogen) atoms. The van der Waals surface area contributed by atoms with Crippen molar-refractivity contribution in [2.75, 3.05) is 36.4 Å². The number of hydrogen-bond donors (Lipinski definition) is 4. The SMILES string of the molecule is CC(=O)N1CCC(C2CC(Nc3nc(N4CCC[C@H](N)C4)ncc3C(N)=O)C3(CCCCCCCC3)C(C(C)C)N2)CC1. The van der Waals surface area contributed by atoms with Crippen LogP contribution >= 0.6 is 0 Å². The number of nitrogens with zero attached hydrogens (tertiary/aromatic N) is 4. The minimum Gasteiger partial charge on any atom is -0.366 e. The summed E-state index contributed by atoms with van der Waals surface area (Å²) in [5.74, 6) is 1.81. The Kier molecular flexibility index (Phi) is 10.5. The fourth-order valence-electron chi connectivity index (χ4n) is 8.75. The van der Waals surface area contributed by atoms with E-state index in [2.05, 4.69) is 34.4 Å². The van der Waals surface area contributed by atoms with Crippen LogP contribution in [0.5, 0.6) is 0 Å². The number of anilines is 2. The van der Waals surface area contributed by atoms with Crippen molar-refractivity contribution >= 4 is 23.6 Å². The Bertz CT molecular complexity index is 1090. The number of carbonyl (C=O) groups excluding carboxylic acids is 2. The zero-order valence-corrected chi connectivity index (χ0v) is 26.8. The lowest BCUT2D eigenvalue weighted by atomic mass is 9.59. The molecule has 3 unspecified atom stereocenters. The van der Waals surface area contributed by atoms with Gasteiger partial charge in [0.25, 0.3) is 5.91 Å². The predicted octanol–water partition coefficient (Wildman–Crippen LogP) is 4.05. The molecule has 3 aliphatic heterocycles. The molecule has 4 atom stereocenters. The van der Waals surface area contributed by atoms with E-state index < -0.39 is 5.91 Å². The van der Waals surface area contributed by atoms with E-state index in [0.29, 0.717) is 47.8 Å². The predicted molar refractivity (Wildman–Crippen MR) is 172 cm³/mol. The highest BCUT2D eigenvalue weighted by Crippen LogP contribution is 2.49. The van der Waals surface area contributed by atoms with Gasteiger partial charge >= 0.3 is 0 Å². The highest BCUT2D eigenvalue weighted by molar-refractivity contribution is 5.97. The normalized spacial score (nSPS) is 29.1. The largest absolute Gasteiger partial charge is 0.366 e. The average Bonchev–Trinajstić information content (AvgIpc) is 3.11. The minimum absolute atomic E-state index is 0.0304.